The number of hydrogen-bond donors (Lipinski definition) is 2. The molecule has 3 N–H and O–H groups in total. The van der Waals surface area contributed by atoms with Gasteiger partial charge in [-0.05, 0) is 47.0 Å². The van der Waals surface area contributed by atoms with Crippen LogP contribution in [0.4, 0.5) is 11.7 Å². The fourth-order valence-corrected chi connectivity index (χ4v) is 2.09. The van der Waals surface area contributed by atoms with Gasteiger partial charge in [0.05, 0.1) is 5.56 Å². The Morgan fingerprint density at radius 2 is 2.21 bits per heavy atom. The van der Waals surface area contributed by atoms with E-state index in [1.165, 1.54) is 0 Å². The van der Waals surface area contributed by atoms with Crippen LogP contribution in [0.15, 0.2) is 27.1 Å². The Kier molecular flexibility index (Phi) is 2.98. The number of nitrogens with one attached hydrogen (secondary N) is 1. The number of benzene rings is 1. The molecular formula is C12H11BrN4O2. The van der Waals surface area contributed by atoms with Gasteiger partial charge >= 0.3 is 6.01 Å². The summed E-state index contributed by atoms with van der Waals surface area (Å²) in [6.45, 7) is 0. The highest BCUT2D eigenvalue weighted by molar-refractivity contribution is 9.10. The molecule has 0 saturated heterocycles. The normalized spacial score (nSPS) is 14.4. The van der Waals surface area contributed by atoms with Crippen molar-refractivity contribution in [3.05, 3.63) is 34.1 Å². The van der Waals surface area contributed by atoms with Crippen LogP contribution in [0.3, 0.4) is 0 Å². The van der Waals surface area contributed by atoms with Gasteiger partial charge in [-0.25, -0.2) is 0 Å². The molecule has 19 heavy (non-hydrogen) atoms. The second kappa shape index (κ2) is 4.65. The van der Waals surface area contributed by atoms with Gasteiger partial charge in [-0.2, -0.15) is 0 Å². The molecule has 0 aliphatic heterocycles. The number of hydrogen-bond acceptors (Lipinski definition) is 5. The molecule has 1 fully saturated rings. The average molecular weight is 323 g/mol. The molecule has 1 amide bonds. The van der Waals surface area contributed by atoms with Crippen LogP contribution in [0.1, 0.15) is 35.0 Å². The molecule has 3 rings (SSSR count). The van der Waals surface area contributed by atoms with Crippen LogP contribution in [0, 0.1) is 0 Å². The Balaban J connectivity index is 1.77. The Bertz CT molecular complexity index is 636. The van der Waals surface area contributed by atoms with E-state index in [0.717, 1.165) is 12.8 Å². The van der Waals surface area contributed by atoms with E-state index in [9.17, 15) is 4.79 Å². The Morgan fingerprint density at radius 1 is 1.42 bits per heavy atom. The number of anilines is 2. The van der Waals surface area contributed by atoms with Gasteiger partial charge < -0.3 is 10.2 Å². The maximum absolute atomic E-state index is 12.1. The van der Waals surface area contributed by atoms with Gasteiger partial charge in [0.1, 0.15) is 0 Å². The number of rotatable bonds is 3. The van der Waals surface area contributed by atoms with Crippen LogP contribution in [0.25, 0.3) is 0 Å². The number of nitrogens with zero attached hydrogens (tertiary/aromatic N) is 2. The first-order valence-electron chi connectivity index (χ1n) is 5.83. The molecule has 1 aliphatic carbocycles. The molecule has 1 aliphatic rings. The lowest BCUT2D eigenvalue weighted by molar-refractivity contribution is 0.102. The Labute approximate surface area is 117 Å². The van der Waals surface area contributed by atoms with Gasteiger partial charge in [-0.3, -0.25) is 10.1 Å². The zero-order valence-corrected chi connectivity index (χ0v) is 11.5. The predicted molar refractivity (Wildman–Crippen MR) is 72.8 cm³/mol. The van der Waals surface area contributed by atoms with E-state index in [0.29, 0.717) is 27.5 Å². The fourth-order valence-electron chi connectivity index (χ4n) is 1.66. The molecule has 6 nitrogen and oxygen atoms in total. The first kappa shape index (κ1) is 12.2. The summed E-state index contributed by atoms with van der Waals surface area (Å²) in [6.07, 6.45) is 2.13. The van der Waals surface area contributed by atoms with Crippen molar-refractivity contribution in [1.82, 2.24) is 10.2 Å². The second-order valence-electron chi connectivity index (χ2n) is 4.41. The van der Waals surface area contributed by atoms with Gasteiger partial charge in [0, 0.05) is 16.1 Å². The topological polar surface area (TPSA) is 94.0 Å². The van der Waals surface area contributed by atoms with E-state index in [4.69, 9.17) is 10.2 Å². The third kappa shape index (κ3) is 2.60. The first-order chi connectivity index (χ1) is 9.13. The van der Waals surface area contributed by atoms with Crippen LogP contribution >= 0.6 is 15.9 Å². The minimum atomic E-state index is -0.342. The molecule has 1 saturated carbocycles. The van der Waals surface area contributed by atoms with E-state index in [-0.39, 0.29) is 11.9 Å². The molecule has 0 atom stereocenters. The van der Waals surface area contributed by atoms with E-state index in [1.54, 1.807) is 18.2 Å². The van der Waals surface area contributed by atoms with Crippen LogP contribution < -0.4 is 11.1 Å². The van der Waals surface area contributed by atoms with Crippen LogP contribution in [0.2, 0.25) is 0 Å². The summed E-state index contributed by atoms with van der Waals surface area (Å²) in [5.74, 6) is 0.601. The Hall–Kier alpha value is -1.89. The van der Waals surface area contributed by atoms with Gasteiger partial charge in [-0.1, -0.05) is 5.10 Å². The number of nitrogens with two attached hydrogens (primary N) is 1. The van der Waals surface area contributed by atoms with E-state index >= 15 is 0 Å². The van der Waals surface area contributed by atoms with Crippen molar-refractivity contribution in [2.75, 3.05) is 11.1 Å². The monoisotopic (exact) mass is 322 g/mol. The summed E-state index contributed by atoms with van der Waals surface area (Å²) in [5.41, 5.74) is 6.59. The van der Waals surface area contributed by atoms with E-state index in [1.807, 2.05) is 0 Å². The van der Waals surface area contributed by atoms with Crippen molar-refractivity contribution < 1.29 is 9.21 Å². The summed E-state index contributed by atoms with van der Waals surface area (Å²) in [7, 11) is 0. The molecule has 1 aromatic carbocycles. The van der Waals surface area contributed by atoms with Crippen molar-refractivity contribution >= 4 is 33.5 Å². The van der Waals surface area contributed by atoms with Gasteiger partial charge in [0.2, 0.25) is 5.89 Å². The lowest BCUT2D eigenvalue weighted by Gasteiger charge is -2.04. The summed E-state index contributed by atoms with van der Waals surface area (Å²) in [5, 5.41) is 10.3. The second-order valence-corrected chi connectivity index (χ2v) is 5.27. The molecule has 1 heterocycles. The number of amides is 1. The molecular weight excluding hydrogens is 312 g/mol. The van der Waals surface area contributed by atoms with Crippen molar-refractivity contribution in [3.63, 3.8) is 0 Å². The van der Waals surface area contributed by atoms with Gasteiger partial charge in [0.15, 0.2) is 0 Å². The molecule has 0 radical (unpaired) electrons. The number of aromatic nitrogens is 2. The van der Waals surface area contributed by atoms with E-state index < -0.39 is 0 Å². The molecule has 2 aromatic rings. The van der Waals surface area contributed by atoms with Crippen molar-refractivity contribution in [2.45, 2.75) is 18.8 Å². The first-order valence-corrected chi connectivity index (χ1v) is 6.62. The van der Waals surface area contributed by atoms with Crippen LogP contribution in [-0.2, 0) is 0 Å². The summed E-state index contributed by atoms with van der Waals surface area (Å²) in [6, 6.07) is 5.12. The molecule has 1 aromatic heterocycles. The minimum absolute atomic E-state index is 0.112. The van der Waals surface area contributed by atoms with Crippen molar-refractivity contribution in [1.29, 1.82) is 0 Å². The predicted octanol–water partition coefficient (Wildman–Crippen LogP) is 2.54. The number of nitrogen functional groups attached to an aromatic ring is 1. The molecule has 0 spiro atoms. The highest BCUT2D eigenvalue weighted by Crippen LogP contribution is 2.39. The minimum Gasteiger partial charge on any atom is -0.408 e. The smallest absolute Gasteiger partial charge is 0.322 e. The maximum Gasteiger partial charge on any atom is 0.322 e. The van der Waals surface area contributed by atoms with Crippen molar-refractivity contribution in [2.24, 2.45) is 0 Å². The van der Waals surface area contributed by atoms with Gasteiger partial charge in [-0.15, -0.1) is 5.10 Å². The molecule has 0 unspecified atom stereocenters. The summed E-state index contributed by atoms with van der Waals surface area (Å²) >= 11 is 3.30. The average Bonchev–Trinajstić information content (AvgIpc) is 3.13. The number of halogens is 1. The number of carbonyl (C=O) groups excluding carboxylic acids is 1. The zero-order valence-electron chi connectivity index (χ0n) is 9.89. The van der Waals surface area contributed by atoms with E-state index in [2.05, 4.69) is 31.4 Å². The third-order valence-corrected chi connectivity index (χ3v) is 3.51. The SMILES string of the molecule is Nc1ccc(Br)c(C(=O)Nc2nnc(C3CC3)o2)c1. The standard InChI is InChI=1S/C12H11BrN4O2/c13-9-4-3-7(14)5-8(9)10(18)15-12-17-16-11(19-12)6-1-2-6/h3-6H,1-2,14H2,(H,15,17,18). The fraction of sp³-hybridized carbons (Fsp3) is 0.250. The lowest BCUT2D eigenvalue weighted by atomic mass is 10.2. The quantitative estimate of drug-likeness (QED) is 0.847. The summed E-state index contributed by atoms with van der Waals surface area (Å²) < 4.78 is 6.02. The zero-order chi connectivity index (χ0) is 13.4. The Morgan fingerprint density at radius 3 is 2.95 bits per heavy atom. The molecule has 0 bridgehead atoms. The maximum atomic E-state index is 12.1. The van der Waals surface area contributed by atoms with Crippen LogP contribution in [-0.4, -0.2) is 16.1 Å². The summed E-state index contributed by atoms with van der Waals surface area (Å²) in [4.78, 5) is 12.1. The van der Waals surface area contributed by atoms with Crippen molar-refractivity contribution in [3.8, 4) is 0 Å². The molecule has 98 valence electrons. The van der Waals surface area contributed by atoms with Crippen LogP contribution in [0.5, 0.6) is 0 Å². The highest BCUT2D eigenvalue weighted by Gasteiger charge is 2.29. The molecule has 7 heteroatoms. The highest BCUT2D eigenvalue weighted by atomic mass is 79.9. The number of carbonyl (C=O) groups is 1. The van der Waals surface area contributed by atoms with Gasteiger partial charge in [0.25, 0.3) is 5.91 Å². The lowest BCUT2D eigenvalue weighted by Crippen LogP contribution is -2.13. The third-order valence-electron chi connectivity index (χ3n) is 2.82. The largest absolute Gasteiger partial charge is 0.408 e.